The lowest BCUT2D eigenvalue weighted by atomic mass is 9.92. The molecule has 0 bridgehead atoms. The first-order valence-corrected chi connectivity index (χ1v) is 12.5. The fraction of sp³-hybridized carbons (Fsp3) is 0.519. The second kappa shape index (κ2) is 11.1. The average Bonchev–Trinajstić information content (AvgIpc) is 2.87. The number of carbonyl (C=O) groups excluding carboxylic acids is 1. The van der Waals surface area contributed by atoms with E-state index >= 15 is 0 Å². The third-order valence-electron chi connectivity index (χ3n) is 7.47. The minimum Gasteiger partial charge on any atom is -0.382 e. The first kappa shape index (κ1) is 25.0. The molecule has 1 aliphatic carbocycles. The number of nitro groups is 1. The highest BCUT2D eigenvalue weighted by Crippen LogP contribution is 2.33. The molecule has 2 fully saturated rings. The number of carbonyl (C=O) groups is 1. The van der Waals surface area contributed by atoms with Crippen molar-refractivity contribution in [2.45, 2.75) is 58.6 Å². The number of hydrogen-bond donors (Lipinski definition) is 1. The van der Waals surface area contributed by atoms with Crippen LogP contribution in [0.2, 0.25) is 0 Å². The SMILES string of the molecule is Cc1cc(NC2CCC(OCC(=O)N3CCN(c4ccccc4)CC3)CC2)c(C)c(C)c1[N+](=O)[O-]. The number of para-hydroxylation sites is 1. The number of benzene rings is 2. The van der Waals surface area contributed by atoms with Gasteiger partial charge in [0.25, 0.3) is 5.69 Å². The molecule has 8 nitrogen and oxygen atoms in total. The zero-order valence-electron chi connectivity index (χ0n) is 21.0. The Hall–Kier alpha value is -3.13. The van der Waals surface area contributed by atoms with Crippen LogP contribution in [0, 0.1) is 30.9 Å². The molecule has 0 radical (unpaired) electrons. The lowest BCUT2D eigenvalue weighted by molar-refractivity contribution is -0.386. The number of hydrogen-bond acceptors (Lipinski definition) is 6. The fourth-order valence-corrected chi connectivity index (χ4v) is 5.23. The number of nitrogens with one attached hydrogen (secondary N) is 1. The molecule has 4 rings (SSSR count). The van der Waals surface area contributed by atoms with Gasteiger partial charge in [0.1, 0.15) is 6.61 Å². The van der Waals surface area contributed by atoms with Crippen LogP contribution in [0.3, 0.4) is 0 Å². The Labute approximate surface area is 207 Å². The minimum atomic E-state index is -0.297. The van der Waals surface area contributed by atoms with Crippen LogP contribution >= 0.6 is 0 Å². The molecule has 8 heteroatoms. The van der Waals surface area contributed by atoms with Crippen molar-refractivity contribution in [3.8, 4) is 0 Å². The van der Waals surface area contributed by atoms with E-state index in [9.17, 15) is 14.9 Å². The van der Waals surface area contributed by atoms with Gasteiger partial charge in [-0.2, -0.15) is 0 Å². The lowest BCUT2D eigenvalue weighted by Gasteiger charge is -2.36. The van der Waals surface area contributed by atoms with Gasteiger partial charge < -0.3 is 19.9 Å². The van der Waals surface area contributed by atoms with Crippen molar-refractivity contribution in [3.05, 3.63) is 63.2 Å². The zero-order valence-corrected chi connectivity index (χ0v) is 21.0. The van der Waals surface area contributed by atoms with Gasteiger partial charge in [-0.3, -0.25) is 14.9 Å². The molecule has 2 aromatic rings. The predicted molar refractivity (Wildman–Crippen MR) is 138 cm³/mol. The third-order valence-corrected chi connectivity index (χ3v) is 7.47. The van der Waals surface area contributed by atoms with Crippen LogP contribution in [-0.4, -0.2) is 60.7 Å². The Morgan fingerprint density at radius 1 is 1.03 bits per heavy atom. The van der Waals surface area contributed by atoms with E-state index in [0.717, 1.165) is 68.7 Å². The van der Waals surface area contributed by atoms with Gasteiger partial charge in [-0.05, 0) is 70.2 Å². The second-order valence-electron chi connectivity index (χ2n) is 9.73. The van der Waals surface area contributed by atoms with Crippen molar-refractivity contribution < 1.29 is 14.5 Å². The molecule has 0 aromatic heterocycles. The molecule has 188 valence electrons. The van der Waals surface area contributed by atoms with E-state index in [2.05, 4.69) is 22.3 Å². The van der Waals surface area contributed by atoms with Crippen molar-refractivity contribution >= 4 is 23.0 Å². The molecular formula is C27H36N4O4. The van der Waals surface area contributed by atoms with E-state index < -0.39 is 0 Å². The number of rotatable bonds is 7. The van der Waals surface area contributed by atoms with Gasteiger partial charge in [-0.1, -0.05) is 18.2 Å². The number of anilines is 2. The van der Waals surface area contributed by atoms with Crippen LogP contribution in [0.4, 0.5) is 17.1 Å². The van der Waals surface area contributed by atoms with Crippen molar-refractivity contribution in [1.29, 1.82) is 0 Å². The molecule has 2 aliphatic rings. The topological polar surface area (TPSA) is 88.0 Å². The van der Waals surface area contributed by atoms with Crippen molar-refractivity contribution in [3.63, 3.8) is 0 Å². The summed E-state index contributed by atoms with van der Waals surface area (Å²) in [5, 5.41) is 15.0. The summed E-state index contributed by atoms with van der Waals surface area (Å²) >= 11 is 0. The van der Waals surface area contributed by atoms with E-state index in [4.69, 9.17) is 4.74 Å². The van der Waals surface area contributed by atoms with Gasteiger partial charge in [-0.15, -0.1) is 0 Å². The van der Waals surface area contributed by atoms with Crippen LogP contribution in [0.25, 0.3) is 0 Å². The monoisotopic (exact) mass is 480 g/mol. The maximum atomic E-state index is 12.7. The summed E-state index contributed by atoms with van der Waals surface area (Å²) in [5.41, 5.74) is 4.71. The maximum Gasteiger partial charge on any atom is 0.275 e. The Morgan fingerprint density at radius 3 is 2.31 bits per heavy atom. The molecule has 1 heterocycles. The van der Waals surface area contributed by atoms with Crippen LogP contribution < -0.4 is 10.2 Å². The van der Waals surface area contributed by atoms with Crippen LogP contribution in [0.15, 0.2) is 36.4 Å². The van der Waals surface area contributed by atoms with Gasteiger partial charge in [-0.25, -0.2) is 0 Å². The number of nitrogens with zero attached hydrogens (tertiary/aromatic N) is 3. The Bertz CT molecular complexity index is 1040. The number of piperazine rings is 1. The second-order valence-corrected chi connectivity index (χ2v) is 9.73. The van der Waals surface area contributed by atoms with Crippen LogP contribution in [0.5, 0.6) is 0 Å². The first-order chi connectivity index (χ1) is 16.8. The molecule has 1 saturated heterocycles. The molecule has 1 aliphatic heterocycles. The first-order valence-electron chi connectivity index (χ1n) is 12.5. The average molecular weight is 481 g/mol. The van der Waals surface area contributed by atoms with Crippen LogP contribution in [-0.2, 0) is 9.53 Å². The molecular weight excluding hydrogens is 444 g/mol. The van der Waals surface area contributed by atoms with E-state index in [0.29, 0.717) is 11.6 Å². The molecule has 2 aromatic carbocycles. The van der Waals surface area contributed by atoms with Gasteiger partial charge in [0.05, 0.1) is 11.0 Å². The fourth-order valence-electron chi connectivity index (χ4n) is 5.23. The Balaban J connectivity index is 1.20. The summed E-state index contributed by atoms with van der Waals surface area (Å²) in [6.07, 6.45) is 3.80. The van der Waals surface area contributed by atoms with E-state index in [1.54, 1.807) is 6.92 Å². The highest BCUT2D eigenvalue weighted by atomic mass is 16.6. The molecule has 1 amide bonds. The molecule has 1 saturated carbocycles. The number of aryl methyl sites for hydroxylation is 1. The summed E-state index contributed by atoms with van der Waals surface area (Å²) < 4.78 is 6.00. The molecule has 0 atom stereocenters. The van der Waals surface area contributed by atoms with Gasteiger partial charge >= 0.3 is 0 Å². The third kappa shape index (κ3) is 5.93. The minimum absolute atomic E-state index is 0.0745. The Kier molecular flexibility index (Phi) is 7.90. The summed E-state index contributed by atoms with van der Waals surface area (Å²) in [6.45, 7) is 8.81. The highest BCUT2D eigenvalue weighted by molar-refractivity contribution is 5.77. The van der Waals surface area contributed by atoms with Crippen molar-refractivity contribution in [1.82, 2.24) is 4.90 Å². The Morgan fingerprint density at radius 2 is 1.69 bits per heavy atom. The number of nitro benzene ring substituents is 1. The zero-order chi connectivity index (χ0) is 24.9. The largest absolute Gasteiger partial charge is 0.382 e. The van der Waals surface area contributed by atoms with E-state index in [1.807, 2.05) is 43.0 Å². The quantitative estimate of drug-likeness (QED) is 0.460. The smallest absolute Gasteiger partial charge is 0.275 e. The lowest BCUT2D eigenvalue weighted by Crippen LogP contribution is -2.50. The number of ether oxygens (including phenoxy) is 1. The summed E-state index contributed by atoms with van der Waals surface area (Å²) in [5.74, 6) is 0.0745. The summed E-state index contributed by atoms with van der Waals surface area (Å²) in [4.78, 5) is 28.0. The standard InChI is InChI=1S/C27H36N4O4/c1-19-17-25(20(2)21(3)27(19)31(33)34)28-22-9-11-24(12-10-22)35-18-26(32)30-15-13-29(14-16-30)23-7-5-4-6-8-23/h4-8,17,22,24,28H,9-16,18H2,1-3H3. The van der Waals surface area contributed by atoms with Crippen molar-refractivity contribution in [2.75, 3.05) is 43.0 Å². The van der Waals surface area contributed by atoms with Crippen molar-refractivity contribution in [2.24, 2.45) is 0 Å². The molecule has 0 spiro atoms. The van der Waals surface area contributed by atoms with Gasteiger partial charge in [0.15, 0.2) is 0 Å². The summed E-state index contributed by atoms with van der Waals surface area (Å²) in [6, 6.07) is 12.5. The van der Waals surface area contributed by atoms with Gasteiger partial charge in [0, 0.05) is 54.7 Å². The van der Waals surface area contributed by atoms with E-state index in [1.165, 1.54) is 5.69 Å². The molecule has 1 N–H and O–H groups in total. The maximum absolute atomic E-state index is 12.7. The summed E-state index contributed by atoms with van der Waals surface area (Å²) in [7, 11) is 0. The van der Waals surface area contributed by atoms with Crippen LogP contribution in [0.1, 0.15) is 42.4 Å². The predicted octanol–water partition coefficient (Wildman–Crippen LogP) is 4.61. The molecule has 35 heavy (non-hydrogen) atoms. The van der Waals surface area contributed by atoms with E-state index in [-0.39, 0.29) is 29.2 Å². The molecule has 0 unspecified atom stereocenters. The normalized spacial score (nSPS) is 20.5. The van der Waals surface area contributed by atoms with Gasteiger partial charge in [0.2, 0.25) is 5.91 Å². The number of amides is 1. The highest BCUT2D eigenvalue weighted by Gasteiger charge is 2.26.